The smallest absolute Gasteiger partial charge is 0.293 e. The van der Waals surface area contributed by atoms with Gasteiger partial charge in [-0.25, -0.2) is 0 Å². The van der Waals surface area contributed by atoms with E-state index in [0.717, 1.165) is 19.8 Å². The van der Waals surface area contributed by atoms with E-state index in [1.165, 1.54) is 0 Å². The van der Waals surface area contributed by atoms with E-state index in [4.69, 9.17) is 15.2 Å². The van der Waals surface area contributed by atoms with Crippen LogP contribution in [0.2, 0.25) is 0 Å². The Morgan fingerprint density at radius 1 is 1.33 bits per heavy atom. The molecule has 82 valence electrons. The molecule has 5 heteroatoms. The van der Waals surface area contributed by atoms with Crippen LogP contribution in [0.25, 0.3) is 0 Å². The summed E-state index contributed by atoms with van der Waals surface area (Å²) in [5.74, 6) is 4.62. The van der Waals surface area contributed by atoms with Gasteiger partial charge in [0.05, 0.1) is 38.5 Å². The summed E-state index contributed by atoms with van der Waals surface area (Å²) < 4.78 is 10.5. The minimum Gasteiger partial charge on any atom is -0.378 e. The van der Waals surface area contributed by atoms with Gasteiger partial charge in [0, 0.05) is 6.54 Å². The topological polar surface area (TPSA) is 64.8 Å². The fraction of sp³-hybridized carbons (Fsp3) is 0.700. The number of hydrogen-bond acceptors (Lipinski definition) is 4. The highest BCUT2D eigenvalue weighted by Gasteiger charge is 2.32. The first kappa shape index (κ1) is 10.4. The number of hydrogen-bond donors (Lipinski definition) is 1. The molecule has 0 radical (unpaired) electrons. The zero-order valence-corrected chi connectivity index (χ0v) is 8.44. The van der Waals surface area contributed by atoms with E-state index in [1.54, 1.807) is 0 Å². The van der Waals surface area contributed by atoms with E-state index in [2.05, 4.69) is 16.7 Å². The predicted molar refractivity (Wildman–Crippen MR) is 52.9 cm³/mol. The molecule has 2 fully saturated rings. The molecule has 0 saturated carbocycles. The second-order valence-electron chi connectivity index (χ2n) is 3.65. The van der Waals surface area contributed by atoms with E-state index in [9.17, 15) is 4.79 Å². The van der Waals surface area contributed by atoms with Crippen LogP contribution in [0.15, 0.2) is 0 Å². The van der Waals surface area contributed by atoms with Gasteiger partial charge in [-0.3, -0.25) is 9.69 Å². The van der Waals surface area contributed by atoms with Crippen LogP contribution in [0.4, 0.5) is 0 Å². The van der Waals surface area contributed by atoms with E-state index in [0.29, 0.717) is 19.3 Å². The Hall–Kier alpha value is -1.09. The lowest BCUT2D eigenvalue weighted by atomic mass is 10.1. The van der Waals surface area contributed by atoms with Crippen molar-refractivity contribution in [3.05, 3.63) is 0 Å². The first-order valence-corrected chi connectivity index (χ1v) is 4.99. The summed E-state index contributed by atoms with van der Waals surface area (Å²) in [5.41, 5.74) is 4.98. The Labute approximate surface area is 88.5 Å². The molecule has 0 spiro atoms. The third-order valence-electron chi connectivity index (χ3n) is 2.62. The van der Waals surface area contributed by atoms with Crippen molar-refractivity contribution in [3.8, 4) is 11.8 Å². The largest absolute Gasteiger partial charge is 0.378 e. The number of nitrogens with two attached hydrogens (primary N) is 1. The van der Waals surface area contributed by atoms with Crippen molar-refractivity contribution in [2.45, 2.75) is 12.1 Å². The molecule has 2 N–H and O–H groups in total. The first-order chi connectivity index (χ1) is 7.27. The van der Waals surface area contributed by atoms with Crippen LogP contribution in [-0.2, 0) is 14.3 Å². The molecule has 2 heterocycles. The van der Waals surface area contributed by atoms with Gasteiger partial charge in [0.1, 0.15) is 0 Å². The molecule has 2 aliphatic rings. The number of ether oxygens (including phenoxy) is 2. The molecule has 2 aliphatic heterocycles. The third-order valence-corrected chi connectivity index (χ3v) is 2.62. The van der Waals surface area contributed by atoms with Crippen molar-refractivity contribution >= 4 is 5.91 Å². The lowest BCUT2D eigenvalue weighted by Gasteiger charge is -2.42. The summed E-state index contributed by atoms with van der Waals surface area (Å²) in [6.07, 6.45) is 0. The molecule has 0 aromatic carbocycles. The molecule has 1 atom stereocenters. The molecule has 2 saturated heterocycles. The van der Waals surface area contributed by atoms with Crippen LogP contribution >= 0.6 is 0 Å². The third kappa shape index (κ3) is 2.48. The van der Waals surface area contributed by atoms with E-state index >= 15 is 0 Å². The Morgan fingerprint density at radius 2 is 2.13 bits per heavy atom. The van der Waals surface area contributed by atoms with Gasteiger partial charge < -0.3 is 15.2 Å². The van der Waals surface area contributed by atoms with E-state index < -0.39 is 5.91 Å². The van der Waals surface area contributed by atoms with E-state index in [1.807, 2.05) is 0 Å². The second kappa shape index (κ2) is 4.62. The summed E-state index contributed by atoms with van der Waals surface area (Å²) in [4.78, 5) is 12.8. The van der Waals surface area contributed by atoms with Crippen molar-refractivity contribution in [2.24, 2.45) is 5.73 Å². The number of carbonyl (C=O) groups is 1. The Morgan fingerprint density at radius 3 is 2.73 bits per heavy atom. The number of carbonyl (C=O) groups excluding carboxylic acids is 1. The summed E-state index contributed by atoms with van der Waals surface area (Å²) in [7, 11) is 0. The first-order valence-electron chi connectivity index (χ1n) is 4.99. The monoisotopic (exact) mass is 210 g/mol. The van der Waals surface area contributed by atoms with Crippen molar-refractivity contribution in [1.82, 2.24) is 4.90 Å². The number of amides is 1. The summed E-state index contributed by atoms with van der Waals surface area (Å²) in [5, 5.41) is 0. The van der Waals surface area contributed by atoms with Gasteiger partial charge >= 0.3 is 0 Å². The van der Waals surface area contributed by atoms with Crippen molar-refractivity contribution < 1.29 is 14.3 Å². The van der Waals surface area contributed by atoms with Gasteiger partial charge in [0.2, 0.25) is 0 Å². The maximum atomic E-state index is 10.6. The normalized spacial score (nSPS) is 27.6. The van der Waals surface area contributed by atoms with Crippen LogP contribution in [0.5, 0.6) is 0 Å². The molecule has 0 aliphatic carbocycles. The van der Waals surface area contributed by atoms with Crippen LogP contribution in [0.1, 0.15) is 0 Å². The van der Waals surface area contributed by atoms with Gasteiger partial charge in [-0.15, -0.1) is 0 Å². The molecule has 1 unspecified atom stereocenters. The molecule has 5 nitrogen and oxygen atoms in total. The van der Waals surface area contributed by atoms with Crippen molar-refractivity contribution in [1.29, 1.82) is 0 Å². The summed E-state index contributed by atoms with van der Waals surface area (Å²) >= 11 is 0. The fourth-order valence-electron chi connectivity index (χ4n) is 1.75. The second-order valence-corrected chi connectivity index (χ2v) is 3.65. The highest BCUT2D eigenvalue weighted by atomic mass is 16.5. The summed E-state index contributed by atoms with van der Waals surface area (Å²) in [6.45, 7) is 3.58. The number of morpholine rings is 1. The van der Waals surface area contributed by atoms with Crippen LogP contribution in [0, 0.1) is 11.8 Å². The predicted octanol–water partition coefficient (Wildman–Crippen LogP) is -1.43. The Kier molecular flexibility index (Phi) is 3.21. The zero-order valence-electron chi connectivity index (χ0n) is 8.44. The number of rotatable bonds is 1. The van der Waals surface area contributed by atoms with Gasteiger partial charge in [-0.1, -0.05) is 5.92 Å². The standard InChI is InChI=1S/C10H14N2O3/c11-10(13)2-1-8-5-14-4-3-12(8)9-6-15-7-9/h8-9H,3-7H2,(H2,11,13). The minimum atomic E-state index is -0.592. The number of nitrogens with zero attached hydrogens (tertiary/aromatic N) is 1. The molecule has 0 bridgehead atoms. The van der Waals surface area contributed by atoms with Gasteiger partial charge in [-0.05, 0) is 5.92 Å². The van der Waals surface area contributed by atoms with Crippen LogP contribution < -0.4 is 5.73 Å². The molecule has 1 amide bonds. The van der Waals surface area contributed by atoms with Crippen molar-refractivity contribution in [3.63, 3.8) is 0 Å². The highest BCUT2D eigenvalue weighted by Crippen LogP contribution is 2.16. The summed E-state index contributed by atoms with van der Waals surface area (Å²) in [6, 6.07) is 0.390. The van der Waals surface area contributed by atoms with Crippen LogP contribution in [0.3, 0.4) is 0 Å². The van der Waals surface area contributed by atoms with Gasteiger partial charge in [-0.2, -0.15) is 0 Å². The van der Waals surface area contributed by atoms with E-state index in [-0.39, 0.29) is 6.04 Å². The SMILES string of the molecule is NC(=O)C#CC1COCCN1C1COC1. The molecule has 15 heavy (non-hydrogen) atoms. The molecule has 0 aromatic rings. The highest BCUT2D eigenvalue weighted by molar-refractivity contribution is 5.92. The molecule has 2 rings (SSSR count). The molecular formula is C10H14N2O3. The minimum absolute atomic E-state index is 0.0276. The lowest BCUT2D eigenvalue weighted by molar-refractivity contribution is -0.113. The molecule has 0 aromatic heterocycles. The van der Waals surface area contributed by atoms with Gasteiger partial charge in [0.15, 0.2) is 0 Å². The average molecular weight is 210 g/mol. The lowest BCUT2D eigenvalue weighted by Crippen LogP contribution is -2.57. The quantitative estimate of drug-likeness (QED) is 0.539. The van der Waals surface area contributed by atoms with Gasteiger partial charge in [0.25, 0.3) is 5.91 Å². The Balaban J connectivity index is 1.99. The average Bonchev–Trinajstić information content (AvgIpc) is 2.14. The van der Waals surface area contributed by atoms with Crippen LogP contribution in [-0.4, -0.2) is 55.9 Å². The Bertz CT molecular complexity index is 304. The zero-order chi connectivity index (χ0) is 10.7. The molecular weight excluding hydrogens is 196 g/mol. The fourth-order valence-corrected chi connectivity index (χ4v) is 1.75. The maximum Gasteiger partial charge on any atom is 0.293 e. The van der Waals surface area contributed by atoms with Crippen molar-refractivity contribution in [2.75, 3.05) is 33.0 Å². The maximum absolute atomic E-state index is 10.6. The number of primary amides is 1.